The van der Waals surface area contributed by atoms with Crippen molar-refractivity contribution in [3.05, 3.63) is 35.6 Å². The van der Waals surface area contributed by atoms with Crippen molar-refractivity contribution in [3.63, 3.8) is 0 Å². The second kappa shape index (κ2) is 4.74. The molecule has 0 atom stereocenters. The fourth-order valence-corrected chi connectivity index (χ4v) is 1.89. The molecule has 2 nitrogen and oxygen atoms in total. The average molecular weight is 230 g/mol. The third-order valence-electron chi connectivity index (χ3n) is 2.96. The first-order valence-corrected chi connectivity index (χ1v) is 6.10. The van der Waals surface area contributed by atoms with E-state index in [-0.39, 0.29) is 5.78 Å². The Bertz CT molecular complexity index is 535. The Kier molecular flexibility index (Phi) is 3.32. The van der Waals surface area contributed by atoms with Gasteiger partial charge in [-0.25, -0.2) is 0 Å². The summed E-state index contributed by atoms with van der Waals surface area (Å²) in [4.78, 5) is 11.9. The van der Waals surface area contributed by atoms with E-state index in [9.17, 15) is 4.79 Å². The summed E-state index contributed by atoms with van der Waals surface area (Å²) in [6, 6.07) is 7.81. The van der Waals surface area contributed by atoms with Crippen molar-refractivity contribution < 1.29 is 9.21 Å². The molecule has 1 heterocycles. The molecule has 0 spiro atoms. The highest BCUT2D eigenvalue weighted by Gasteiger charge is 2.13. The predicted molar refractivity (Wildman–Crippen MR) is 69.4 cm³/mol. The molecule has 0 radical (unpaired) electrons. The summed E-state index contributed by atoms with van der Waals surface area (Å²) in [5, 5.41) is 1.01. The summed E-state index contributed by atoms with van der Waals surface area (Å²) < 4.78 is 5.64. The fourth-order valence-electron chi connectivity index (χ4n) is 1.89. The normalized spacial score (nSPS) is 11.3. The van der Waals surface area contributed by atoms with Crippen LogP contribution in [0.15, 0.2) is 28.7 Å². The van der Waals surface area contributed by atoms with Crippen LogP contribution >= 0.6 is 0 Å². The van der Waals surface area contributed by atoms with Gasteiger partial charge in [0, 0.05) is 11.8 Å². The van der Waals surface area contributed by atoms with Gasteiger partial charge in [-0.3, -0.25) is 4.79 Å². The monoisotopic (exact) mass is 230 g/mol. The lowest BCUT2D eigenvalue weighted by atomic mass is 10.0. The molecule has 0 aliphatic rings. The van der Waals surface area contributed by atoms with Gasteiger partial charge < -0.3 is 4.42 Å². The summed E-state index contributed by atoms with van der Waals surface area (Å²) in [5.74, 6) is 1.15. The van der Waals surface area contributed by atoms with Crippen LogP contribution in [-0.2, 0) is 0 Å². The Labute approximate surface area is 102 Å². The van der Waals surface area contributed by atoms with Crippen molar-refractivity contribution in [2.75, 3.05) is 0 Å². The number of benzene rings is 1. The van der Waals surface area contributed by atoms with E-state index in [2.05, 4.69) is 13.8 Å². The smallest absolute Gasteiger partial charge is 0.198 e. The molecular formula is C15H18O2. The highest BCUT2D eigenvalue weighted by atomic mass is 16.3. The minimum absolute atomic E-state index is 0.106. The van der Waals surface area contributed by atoms with E-state index >= 15 is 0 Å². The zero-order valence-electron chi connectivity index (χ0n) is 10.6. The maximum Gasteiger partial charge on any atom is 0.198 e. The highest BCUT2D eigenvalue weighted by Crippen LogP contribution is 2.23. The Hall–Kier alpha value is -1.57. The number of hydrogen-bond donors (Lipinski definition) is 0. The Morgan fingerprint density at radius 3 is 2.76 bits per heavy atom. The lowest BCUT2D eigenvalue weighted by Gasteiger charge is -2.01. The molecule has 0 saturated heterocycles. The van der Waals surface area contributed by atoms with E-state index in [0.717, 1.165) is 23.0 Å². The molecule has 0 saturated carbocycles. The van der Waals surface area contributed by atoms with Gasteiger partial charge in [-0.15, -0.1) is 0 Å². The van der Waals surface area contributed by atoms with Crippen LogP contribution < -0.4 is 0 Å². The average Bonchev–Trinajstić information content (AvgIpc) is 2.71. The van der Waals surface area contributed by atoms with Crippen LogP contribution in [0, 0.1) is 12.8 Å². The first-order valence-electron chi connectivity index (χ1n) is 6.10. The molecule has 2 heteroatoms. The molecule has 0 fully saturated rings. The quantitative estimate of drug-likeness (QED) is 0.730. The number of furan rings is 1. The first-order chi connectivity index (χ1) is 8.08. The maximum absolute atomic E-state index is 11.9. The molecule has 0 unspecified atom stereocenters. The number of ketones is 1. The summed E-state index contributed by atoms with van der Waals surface area (Å²) in [6.45, 7) is 6.24. The third-order valence-corrected chi connectivity index (χ3v) is 2.96. The predicted octanol–water partition coefficient (Wildman–Crippen LogP) is 4.36. The van der Waals surface area contributed by atoms with E-state index in [1.807, 2.05) is 31.2 Å². The van der Waals surface area contributed by atoms with Crippen LogP contribution in [0.2, 0.25) is 0 Å². The second-order valence-electron chi connectivity index (χ2n) is 4.96. The van der Waals surface area contributed by atoms with E-state index in [1.54, 1.807) is 0 Å². The van der Waals surface area contributed by atoms with Gasteiger partial charge in [-0.1, -0.05) is 32.0 Å². The molecule has 0 amide bonds. The zero-order chi connectivity index (χ0) is 12.4. The number of carbonyl (C=O) groups excluding carboxylic acids is 1. The molecule has 1 aromatic heterocycles. The van der Waals surface area contributed by atoms with Gasteiger partial charge in [0.25, 0.3) is 0 Å². The van der Waals surface area contributed by atoms with Crippen molar-refractivity contribution in [3.8, 4) is 0 Å². The molecule has 2 rings (SSSR count). The van der Waals surface area contributed by atoms with Crippen LogP contribution in [0.4, 0.5) is 0 Å². The molecule has 0 bridgehead atoms. The van der Waals surface area contributed by atoms with Crippen LogP contribution in [-0.4, -0.2) is 5.78 Å². The van der Waals surface area contributed by atoms with Crippen LogP contribution in [0.3, 0.4) is 0 Å². The number of fused-ring (bicyclic) bond motifs is 1. The van der Waals surface area contributed by atoms with Gasteiger partial charge >= 0.3 is 0 Å². The van der Waals surface area contributed by atoms with E-state index in [0.29, 0.717) is 18.1 Å². The van der Waals surface area contributed by atoms with Crippen LogP contribution in [0.1, 0.15) is 42.8 Å². The SMILES string of the molecule is Cc1cccc2cc(C(=O)CCC(C)C)oc12. The van der Waals surface area contributed by atoms with Crippen molar-refractivity contribution in [2.45, 2.75) is 33.6 Å². The molecule has 90 valence electrons. The number of carbonyl (C=O) groups is 1. The second-order valence-corrected chi connectivity index (χ2v) is 4.96. The minimum Gasteiger partial charge on any atom is -0.453 e. The topological polar surface area (TPSA) is 30.2 Å². The lowest BCUT2D eigenvalue weighted by molar-refractivity contribution is 0.0950. The fraction of sp³-hybridized carbons (Fsp3) is 0.400. The largest absolute Gasteiger partial charge is 0.453 e. The highest BCUT2D eigenvalue weighted by molar-refractivity contribution is 5.98. The summed E-state index contributed by atoms with van der Waals surface area (Å²) in [6.07, 6.45) is 1.48. The Balaban J connectivity index is 2.24. The number of hydrogen-bond acceptors (Lipinski definition) is 2. The van der Waals surface area contributed by atoms with Gasteiger partial charge in [0.2, 0.25) is 0 Å². The molecule has 1 aromatic carbocycles. The van der Waals surface area contributed by atoms with Crippen molar-refractivity contribution in [1.82, 2.24) is 0 Å². The van der Waals surface area contributed by atoms with Gasteiger partial charge in [0.15, 0.2) is 11.5 Å². The molecule has 17 heavy (non-hydrogen) atoms. The zero-order valence-corrected chi connectivity index (χ0v) is 10.6. The van der Waals surface area contributed by atoms with Gasteiger partial charge in [-0.2, -0.15) is 0 Å². The summed E-state index contributed by atoms with van der Waals surface area (Å²) in [7, 11) is 0. The lowest BCUT2D eigenvalue weighted by Crippen LogP contribution is -1.99. The Morgan fingerprint density at radius 1 is 1.35 bits per heavy atom. The molecule has 0 aliphatic heterocycles. The molecule has 2 aromatic rings. The van der Waals surface area contributed by atoms with Crippen molar-refractivity contribution in [1.29, 1.82) is 0 Å². The van der Waals surface area contributed by atoms with Crippen LogP contribution in [0.25, 0.3) is 11.0 Å². The minimum atomic E-state index is 0.106. The number of rotatable bonds is 4. The summed E-state index contributed by atoms with van der Waals surface area (Å²) >= 11 is 0. The van der Waals surface area contributed by atoms with Crippen molar-refractivity contribution in [2.24, 2.45) is 5.92 Å². The first kappa shape index (κ1) is 11.9. The van der Waals surface area contributed by atoms with E-state index < -0.39 is 0 Å². The number of aryl methyl sites for hydroxylation is 1. The van der Waals surface area contributed by atoms with E-state index in [4.69, 9.17) is 4.42 Å². The number of Topliss-reactive ketones (excluding diaryl/α,β-unsaturated/α-hetero) is 1. The standard InChI is InChI=1S/C15H18O2/c1-10(2)7-8-13(16)14-9-12-6-4-5-11(3)15(12)17-14/h4-6,9-10H,7-8H2,1-3H3. The third kappa shape index (κ3) is 2.57. The van der Waals surface area contributed by atoms with Crippen molar-refractivity contribution >= 4 is 16.8 Å². The van der Waals surface area contributed by atoms with E-state index in [1.165, 1.54) is 0 Å². The van der Waals surface area contributed by atoms with Gasteiger partial charge in [-0.05, 0) is 30.9 Å². The number of para-hydroxylation sites is 1. The Morgan fingerprint density at radius 2 is 2.12 bits per heavy atom. The maximum atomic E-state index is 11.9. The van der Waals surface area contributed by atoms with Gasteiger partial charge in [0.1, 0.15) is 5.58 Å². The summed E-state index contributed by atoms with van der Waals surface area (Å²) in [5.41, 5.74) is 1.91. The molecule has 0 N–H and O–H groups in total. The van der Waals surface area contributed by atoms with Crippen LogP contribution in [0.5, 0.6) is 0 Å². The molecule has 0 aliphatic carbocycles. The van der Waals surface area contributed by atoms with Gasteiger partial charge in [0.05, 0.1) is 0 Å². The molecular weight excluding hydrogens is 212 g/mol.